The Hall–Kier alpha value is -2.93. The minimum absolute atomic E-state index is 0. The van der Waals surface area contributed by atoms with E-state index in [-0.39, 0.29) is 43.4 Å². The van der Waals surface area contributed by atoms with Crippen molar-refractivity contribution in [3.8, 4) is 0 Å². The van der Waals surface area contributed by atoms with Crippen molar-refractivity contribution in [3.63, 3.8) is 0 Å². The number of carboxylic acids is 2. The second kappa shape index (κ2) is 41.5. The minimum Gasteiger partial charge on any atom is -0.477 e. The average Bonchev–Trinajstić information content (AvgIpc) is 3.77. The first-order chi connectivity index (χ1) is 23.3. The number of unbranched alkanes of at least 4 members (excludes halogenated alkanes) is 1. The number of Topliss-reactive ketones (excluding diaryl/α,β-unsaturated/α-hetero) is 1. The van der Waals surface area contributed by atoms with E-state index in [0.717, 1.165) is 33.5 Å². The number of hydrogen-bond donors (Lipinski definition) is 5. The fourth-order valence-electron chi connectivity index (χ4n) is 2.66. The van der Waals surface area contributed by atoms with Gasteiger partial charge in [0.25, 0.3) is 0 Å². The zero-order chi connectivity index (χ0) is 38.8. The number of ketones is 1. The van der Waals surface area contributed by atoms with E-state index in [1.807, 2.05) is 108 Å². The topological polar surface area (TPSA) is 149 Å². The fraction of sp³-hybridized carbons (Fsp3) is 0.325. The largest absolute Gasteiger partial charge is 1.00 e. The summed E-state index contributed by atoms with van der Waals surface area (Å²) in [6.07, 6.45) is 4.23. The molecule has 0 fully saturated rings. The third kappa shape index (κ3) is 34.0. The number of aromatic nitrogens is 2. The van der Waals surface area contributed by atoms with Gasteiger partial charge in [0, 0.05) is 38.8 Å². The van der Waals surface area contributed by atoms with Gasteiger partial charge in [-0.1, -0.05) is 103 Å². The zero-order valence-corrected chi connectivity index (χ0v) is 35.5. The van der Waals surface area contributed by atoms with Crippen LogP contribution in [0.1, 0.15) is 99.5 Å². The number of aromatic amines is 2. The third-order valence-electron chi connectivity index (χ3n) is 4.78. The van der Waals surface area contributed by atoms with E-state index in [2.05, 4.69) is 85.4 Å². The number of nitrogens with one attached hydrogen (secondary N) is 2. The Bertz CT molecular complexity index is 1420. The Labute approximate surface area is 345 Å². The van der Waals surface area contributed by atoms with Gasteiger partial charge in [-0.05, 0) is 64.4 Å². The smallest absolute Gasteiger partial charge is 0.477 e. The van der Waals surface area contributed by atoms with Crippen molar-refractivity contribution in [2.24, 2.45) is 0 Å². The predicted octanol–water partition coefficient (Wildman–Crippen LogP) is 5.90. The molecule has 274 valence electrons. The van der Waals surface area contributed by atoms with Crippen LogP contribution in [0, 0.1) is 16.4 Å². The summed E-state index contributed by atoms with van der Waals surface area (Å²) in [4.78, 5) is 35.3. The standard InChI is InChI=1S/C9H7NO2.C8H7N.C6H6IN.2C4H9.C3H4O3.3C2H6.2Li/c11-9(12)8-5-6-3-1-2-4-7(6)10-8;1-2-4-8-7(3-1)5-6-9-8;7-5-3-1-2-4-6(5)8;1-4(2)3;1-3-4-2;1-2(4)3(5)6;3*1-2;;/h1-5,10H,(H,11,12);1-6,9H;1-4H,8H2;1-3H3;1,3-4H2,2H3;1H3,(H,5,6);3*1-2H3;;/q;;;2*-1;;;;;2*+1. The van der Waals surface area contributed by atoms with Crippen molar-refractivity contribution in [2.75, 3.05) is 5.73 Å². The fourth-order valence-corrected chi connectivity index (χ4v) is 3.05. The summed E-state index contributed by atoms with van der Waals surface area (Å²) >= 11 is 2.20. The van der Waals surface area contributed by atoms with Gasteiger partial charge < -0.3 is 38.8 Å². The first-order valence-corrected chi connectivity index (χ1v) is 17.5. The summed E-state index contributed by atoms with van der Waals surface area (Å²) in [7, 11) is 0. The Morgan fingerprint density at radius 1 is 0.765 bits per heavy atom. The maximum Gasteiger partial charge on any atom is 1.00 e. The van der Waals surface area contributed by atoms with Gasteiger partial charge in [0.2, 0.25) is 5.78 Å². The summed E-state index contributed by atoms with van der Waals surface area (Å²) < 4.78 is 1.12. The Morgan fingerprint density at radius 2 is 1.16 bits per heavy atom. The van der Waals surface area contributed by atoms with Crippen molar-refractivity contribution in [1.29, 1.82) is 0 Å². The third-order valence-corrected chi connectivity index (χ3v) is 5.77. The molecule has 3 aromatic carbocycles. The van der Waals surface area contributed by atoms with E-state index in [9.17, 15) is 14.4 Å². The van der Waals surface area contributed by atoms with Gasteiger partial charge in [-0.25, -0.2) is 9.59 Å². The minimum atomic E-state index is -1.38. The molecule has 0 saturated carbocycles. The average molecular weight is 804 g/mol. The van der Waals surface area contributed by atoms with Crippen molar-refractivity contribution in [1.82, 2.24) is 9.97 Å². The number of fused-ring (bicyclic) bond motifs is 2. The Morgan fingerprint density at radius 3 is 1.49 bits per heavy atom. The normalized spacial score (nSPS) is 8.20. The molecular weight excluding hydrogens is 743 g/mol. The van der Waals surface area contributed by atoms with Crippen molar-refractivity contribution in [3.05, 3.63) is 113 Å². The number of carbonyl (C=O) groups excluding carboxylic acids is 1. The molecule has 0 spiro atoms. The van der Waals surface area contributed by atoms with E-state index < -0.39 is 17.7 Å². The number of para-hydroxylation sites is 3. The second-order valence-corrected chi connectivity index (χ2v) is 10.5. The molecule has 0 bridgehead atoms. The molecule has 2 aromatic heterocycles. The Kier molecular flexibility index (Phi) is 49.0. The van der Waals surface area contributed by atoms with Crippen molar-refractivity contribution < 1.29 is 62.3 Å². The van der Waals surface area contributed by atoms with Gasteiger partial charge in [0.05, 0.1) is 0 Å². The number of hydrogen-bond acceptors (Lipinski definition) is 4. The molecule has 0 aliphatic rings. The van der Waals surface area contributed by atoms with Gasteiger partial charge >= 0.3 is 49.7 Å². The summed E-state index contributed by atoms with van der Waals surface area (Å²) in [5, 5.41) is 18.5. The molecule has 0 aliphatic heterocycles. The maximum atomic E-state index is 10.5. The number of aromatic carboxylic acids is 1. The molecule has 5 rings (SSSR count). The second-order valence-electron chi connectivity index (χ2n) is 9.38. The van der Waals surface area contributed by atoms with Crippen LogP contribution in [0.4, 0.5) is 5.69 Å². The molecule has 0 saturated heterocycles. The molecule has 11 heteroatoms. The number of aliphatic carboxylic acids is 1. The first-order valence-electron chi connectivity index (χ1n) is 16.5. The maximum absolute atomic E-state index is 10.5. The predicted molar refractivity (Wildman–Crippen MR) is 220 cm³/mol. The quantitative estimate of drug-likeness (QED) is 0.0505. The van der Waals surface area contributed by atoms with Crippen molar-refractivity contribution >= 4 is 67.8 Å². The van der Waals surface area contributed by atoms with E-state index in [0.29, 0.717) is 0 Å². The number of halogens is 1. The number of carbonyl (C=O) groups is 3. The van der Waals surface area contributed by atoms with Crippen molar-refractivity contribution in [2.45, 2.75) is 89.0 Å². The number of nitrogen functional groups attached to an aromatic ring is 1. The molecule has 2 heterocycles. The summed E-state index contributed by atoms with van der Waals surface area (Å²) in [5.41, 5.74) is 8.66. The van der Waals surface area contributed by atoms with Gasteiger partial charge in [0.15, 0.2) is 0 Å². The molecule has 0 aliphatic carbocycles. The van der Waals surface area contributed by atoms with E-state index >= 15 is 0 Å². The van der Waals surface area contributed by atoms with E-state index in [4.69, 9.17) is 15.9 Å². The first kappa shape index (κ1) is 60.2. The molecular formula is C40H60ILi2N3O5. The van der Waals surface area contributed by atoms with Crippen LogP contribution in [-0.4, -0.2) is 37.9 Å². The van der Waals surface area contributed by atoms with Crippen LogP contribution in [0.5, 0.6) is 0 Å². The van der Waals surface area contributed by atoms with Crippen LogP contribution in [0.3, 0.4) is 0 Å². The SMILES string of the molecule is CC.CC.CC.CC(=O)C(=O)O.C[C-](C)C.Nc1ccccc1I.O=C(O)c1cc2ccccc2[nH]1.[CH2-]CCC.[Li+].[Li+].c1ccc2[nH]ccc2c1. The number of rotatable bonds is 3. The number of carboxylic acid groups (broad SMARTS) is 2. The number of H-pyrrole nitrogens is 2. The molecule has 0 radical (unpaired) electrons. The van der Waals surface area contributed by atoms with Crippen LogP contribution in [-0.2, 0) is 9.59 Å². The van der Waals surface area contributed by atoms with Crippen LogP contribution in [0.15, 0.2) is 91.1 Å². The number of nitrogens with two attached hydrogens (primary N) is 1. The van der Waals surface area contributed by atoms with Crippen LogP contribution < -0.4 is 43.5 Å². The molecule has 5 aromatic rings. The van der Waals surface area contributed by atoms with Crippen LogP contribution in [0.2, 0.25) is 0 Å². The van der Waals surface area contributed by atoms with Gasteiger partial charge in [0.1, 0.15) is 5.69 Å². The van der Waals surface area contributed by atoms with Gasteiger partial charge in [-0.2, -0.15) is 27.2 Å². The molecule has 8 nitrogen and oxygen atoms in total. The summed E-state index contributed by atoms with van der Waals surface area (Å²) in [5.74, 6) is -1.71. The number of anilines is 1. The summed E-state index contributed by atoms with van der Waals surface area (Å²) in [6.45, 7) is 25.0. The van der Waals surface area contributed by atoms with Crippen LogP contribution in [0.25, 0.3) is 21.8 Å². The van der Waals surface area contributed by atoms with Gasteiger partial charge in [-0.3, -0.25) is 4.79 Å². The van der Waals surface area contributed by atoms with E-state index in [1.54, 1.807) is 6.07 Å². The zero-order valence-electron chi connectivity index (χ0n) is 33.4. The monoisotopic (exact) mass is 803 g/mol. The molecule has 0 atom stereocenters. The Balaban J connectivity index is -0.000000119. The van der Waals surface area contributed by atoms with Gasteiger partial charge in [-0.15, -0.1) is 0 Å². The number of benzene rings is 3. The molecule has 0 unspecified atom stereocenters. The summed E-state index contributed by atoms with van der Waals surface area (Å²) in [6, 6.07) is 27.1. The van der Waals surface area contributed by atoms with Crippen LogP contribution >= 0.6 is 22.6 Å². The molecule has 6 N–H and O–H groups in total. The molecule has 51 heavy (non-hydrogen) atoms. The molecule has 0 amide bonds. The van der Waals surface area contributed by atoms with E-state index in [1.165, 1.54) is 23.2 Å².